The molecule has 0 bridgehead atoms. The lowest BCUT2D eigenvalue weighted by atomic mass is 10.5. The Kier molecular flexibility index (Phi) is 2.95. The summed E-state index contributed by atoms with van der Waals surface area (Å²) in [5.74, 6) is -0.588. The predicted octanol–water partition coefficient (Wildman–Crippen LogP) is 0.249. The summed E-state index contributed by atoms with van der Waals surface area (Å²) in [6.45, 7) is 6.34. The number of carbonyl (C=O) groups excluding carboxylic acids is 1. The van der Waals surface area contributed by atoms with E-state index >= 15 is 0 Å². The molecule has 0 aliphatic carbocycles. The largest absolute Gasteiger partial charge is 0.353 e. The van der Waals surface area contributed by atoms with Gasteiger partial charge in [-0.25, -0.2) is 4.79 Å². The lowest BCUT2D eigenvalue weighted by Crippen LogP contribution is -2.48. The number of likely N-dealkylation sites (N-methyl/N-ethyl adjacent to an activating group) is 1. The van der Waals surface area contributed by atoms with Crippen LogP contribution in [0.25, 0.3) is 0 Å². The summed E-state index contributed by atoms with van der Waals surface area (Å²) >= 11 is 0. The van der Waals surface area contributed by atoms with Crippen molar-refractivity contribution in [2.24, 2.45) is 0 Å². The molecule has 0 atom stereocenters. The van der Waals surface area contributed by atoms with Crippen molar-refractivity contribution in [3.8, 4) is 0 Å². The molecule has 0 fully saturated rings. The highest BCUT2D eigenvalue weighted by molar-refractivity contribution is 7.89. The maximum atomic E-state index is 11.2. The zero-order chi connectivity index (χ0) is 9.99. The van der Waals surface area contributed by atoms with Gasteiger partial charge in [-0.2, -0.15) is 12.3 Å². The van der Waals surface area contributed by atoms with Gasteiger partial charge in [-0.1, -0.05) is 13.2 Å². The Morgan fingerprint density at radius 3 is 2.00 bits per heavy atom. The minimum Gasteiger partial charge on any atom is -0.225 e. The van der Waals surface area contributed by atoms with Crippen molar-refractivity contribution in [3.05, 3.63) is 24.6 Å². The van der Waals surface area contributed by atoms with Crippen molar-refractivity contribution in [3.63, 3.8) is 0 Å². The molecule has 5 heteroatoms. The highest BCUT2D eigenvalue weighted by atomic mass is 32.2. The van der Waals surface area contributed by atoms with Crippen molar-refractivity contribution >= 4 is 15.9 Å². The Hall–Kier alpha value is -0.940. The molecule has 4 nitrogen and oxygen atoms in total. The number of hydrogen-bond acceptors (Lipinski definition) is 3. The minimum atomic E-state index is -3.63. The lowest BCUT2D eigenvalue weighted by Gasteiger charge is -2.21. The summed E-state index contributed by atoms with van der Waals surface area (Å²) in [7, 11) is -1.10. The fourth-order valence-electron chi connectivity index (χ4n) is 0.532. The first kappa shape index (κ1) is 11.1. The summed E-state index contributed by atoms with van der Waals surface area (Å²) in [5.41, 5.74) is 0. The van der Waals surface area contributed by atoms with Crippen LogP contribution in [-0.4, -0.2) is 32.3 Å². The molecule has 0 rings (SSSR count). The highest BCUT2D eigenvalue weighted by Crippen LogP contribution is 2.10. The zero-order valence-electron chi connectivity index (χ0n) is 7.15. The molecule has 0 saturated heterocycles. The van der Waals surface area contributed by atoms with E-state index in [0.29, 0.717) is 0 Å². The summed E-state index contributed by atoms with van der Waals surface area (Å²) in [4.78, 5) is 11.1. The number of quaternary nitrogens is 1. The standard InChI is InChI=1S/C7H12NO3S/c1-5-7(9)8(3,4)12(10,11)6-2/h5-6H,1-2H2,3-4H3/q+1. The van der Waals surface area contributed by atoms with Gasteiger partial charge < -0.3 is 0 Å². The minimum absolute atomic E-state index is 0.588. The Balaban J connectivity index is 5.26. The molecule has 0 aromatic carbocycles. The number of sulfonamides is 1. The van der Waals surface area contributed by atoms with Crippen LogP contribution in [0.15, 0.2) is 24.6 Å². The van der Waals surface area contributed by atoms with Crippen LogP contribution in [0, 0.1) is 0 Å². The van der Waals surface area contributed by atoms with E-state index in [4.69, 9.17) is 0 Å². The third-order valence-electron chi connectivity index (χ3n) is 1.55. The predicted molar refractivity (Wildman–Crippen MR) is 46.4 cm³/mol. The van der Waals surface area contributed by atoms with Crippen LogP contribution in [0.5, 0.6) is 0 Å². The highest BCUT2D eigenvalue weighted by Gasteiger charge is 2.36. The zero-order valence-corrected chi connectivity index (χ0v) is 7.97. The summed E-state index contributed by atoms with van der Waals surface area (Å²) in [5, 5.41) is 0.758. The van der Waals surface area contributed by atoms with E-state index in [0.717, 1.165) is 11.5 Å². The van der Waals surface area contributed by atoms with Crippen molar-refractivity contribution in [2.45, 2.75) is 0 Å². The first-order chi connectivity index (χ1) is 5.29. The molecule has 68 valence electrons. The molecule has 0 aliphatic heterocycles. The molecule has 12 heavy (non-hydrogen) atoms. The monoisotopic (exact) mass is 190 g/mol. The molecule has 0 N–H and O–H groups in total. The second kappa shape index (κ2) is 3.20. The topological polar surface area (TPSA) is 51.2 Å². The second-order valence-corrected chi connectivity index (χ2v) is 4.85. The van der Waals surface area contributed by atoms with E-state index < -0.39 is 19.8 Å². The van der Waals surface area contributed by atoms with Gasteiger partial charge in [-0.05, 0) is 0 Å². The number of carbonyl (C=O) groups is 1. The van der Waals surface area contributed by atoms with Crippen LogP contribution in [0.2, 0.25) is 0 Å². The normalized spacial score (nSPS) is 12.2. The molecular weight excluding hydrogens is 178 g/mol. The fourth-order valence-corrected chi connectivity index (χ4v) is 1.23. The van der Waals surface area contributed by atoms with Crippen LogP contribution in [0.4, 0.5) is 0 Å². The summed E-state index contributed by atoms with van der Waals surface area (Å²) in [6, 6.07) is 0. The average molecular weight is 190 g/mol. The van der Waals surface area contributed by atoms with E-state index in [-0.39, 0.29) is 0 Å². The van der Waals surface area contributed by atoms with Crippen molar-refractivity contribution in [2.75, 3.05) is 14.1 Å². The van der Waals surface area contributed by atoms with E-state index in [2.05, 4.69) is 13.2 Å². The quantitative estimate of drug-likeness (QED) is 0.473. The number of hydrogen-bond donors (Lipinski definition) is 0. The summed E-state index contributed by atoms with van der Waals surface area (Å²) in [6.07, 6.45) is 0.973. The molecule has 1 amide bonds. The van der Waals surface area contributed by atoms with Crippen LogP contribution in [-0.2, 0) is 14.8 Å². The summed E-state index contributed by atoms with van der Waals surface area (Å²) < 4.78 is 21.6. The number of nitrogens with zero attached hydrogens (tertiary/aromatic N) is 1. The third-order valence-corrected chi connectivity index (χ3v) is 3.43. The Morgan fingerprint density at radius 2 is 1.75 bits per heavy atom. The average Bonchev–Trinajstić information content (AvgIpc) is 2.02. The van der Waals surface area contributed by atoms with E-state index in [9.17, 15) is 13.2 Å². The maximum Gasteiger partial charge on any atom is 0.353 e. The van der Waals surface area contributed by atoms with Crippen LogP contribution in [0.1, 0.15) is 0 Å². The molecule has 0 aromatic heterocycles. The lowest BCUT2D eigenvalue weighted by molar-refractivity contribution is -0.676. The van der Waals surface area contributed by atoms with Crippen LogP contribution in [0.3, 0.4) is 0 Å². The van der Waals surface area contributed by atoms with Crippen molar-refractivity contribution in [1.29, 1.82) is 0 Å². The second-order valence-electron chi connectivity index (χ2n) is 2.57. The SMILES string of the molecule is C=CC(=O)[N+](C)(C)S(=O)(=O)C=C. The Labute approximate surface area is 72.4 Å². The van der Waals surface area contributed by atoms with Crippen molar-refractivity contribution < 1.29 is 17.1 Å². The third kappa shape index (κ3) is 1.62. The smallest absolute Gasteiger partial charge is 0.225 e. The van der Waals surface area contributed by atoms with Crippen molar-refractivity contribution in [1.82, 2.24) is 0 Å². The van der Waals surface area contributed by atoms with Crippen LogP contribution < -0.4 is 0 Å². The molecule has 0 aromatic rings. The van der Waals surface area contributed by atoms with Gasteiger partial charge in [0.25, 0.3) is 0 Å². The molecule has 0 aliphatic rings. The van der Waals surface area contributed by atoms with E-state index in [1.807, 2.05) is 0 Å². The van der Waals surface area contributed by atoms with Gasteiger partial charge in [0.1, 0.15) is 0 Å². The number of rotatable bonds is 3. The van der Waals surface area contributed by atoms with Gasteiger partial charge in [0, 0.05) is 6.08 Å². The molecule has 0 heterocycles. The first-order valence-electron chi connectivity index (χ1n) is 3.18. The molecular formula is C7H12NO3S+. The molecule has 0 radical (unpaired) electrons. The molecule has 0 spiro atoms. The van der Waals surface area contributed by atoms with Gasteiger partial charge in [-0.15, -0.1) is 0 Å². The van der Waals surface area contributed by atoms with Gasteiger partial charge in [-0.3, -0.25) is 0 Å². The van der Waals surface area contributed by atoms with Gasteiger partial charge in [0.05, 0.1) is 19.5 Å². The number of amides is 1. The van der Waals surface area contributed by atoms with E-state index in [1.165, 1.54) is 14.1 Å². The molecule has 0 saturated carbocycles. The Morgan fingerprint density at radius 1 is 1.33 bits per heavy atom. The Bertz CT molecular complexity index is 314. The van der Waals surface area contributed by atoms with Gasteiger partial charge in [0.2, 0.25) is 0 Å². The van der Waals surface area contributed by atoms with E-state index in [1.54, 1.807) is 0 Å². The molecule has 0 unspecified atom stereocenters. The fraction of sp³-hybridized carbons (Fsp3) is 0.286. The van der Waals surface area contributed by atoms with Gasteiger partial charge in [0.15, 0.2) is 0 Å². The maximum absolute atomic E-state index is 11.2. The van der Waals surface area contributed by atoms with Gasteiger partial charge >= 0.3 is 15.9 Å². The van der Waals surface area contributed by atoms with Crippen LogP contribution >= 0.6 is 0 Å². The first-order valence-corrected chi connectivity index (χ1v) is 4.68.